The summed E-state index contributed by atoms with van der Waals surface area (Å²) in [6.45, 7) is 1.84. The number of carbonyl (C=O) groups is 2. The first-order valence-corrected chi connectivity index (χ1v) is 13.6. The molecule has 0 atom stereocenters. The second-order valence-electron chi connectivity index (χ2n) is 8.16. The Balaban J connectivity index is 1.59. The van der Waals surface area contributed by atoms with Gasteiger partial charge in [-0.25, -0.2) is 14.4 Å². The van der Waals surface area contributed by atoms with Crippen LogP contribution in [0, 0.1) is 6.92 Å². The summed E-state index contributed by atoms with van der Waals surface area (Å²) in [6, 6.07) is 22.6. The van der Waals surface area contributed by atoms with Crippen LogP contribution in [0.3, 0.4) is 0 Å². The van der Waals surface area contributed by atoms with E-state index in [0.29, 0.717) is 10.0 Å². The number of nitrogens with one attached hydrogen (secondary N) is 1. The van der Waals surface area contributed by atoms with E-state index in [0.717, 1.165) is 5.56 Å². The summed E-state index contributed by atoms with van der Waals surface area (Å²) in [7, 11) is -3.93. The van der Waals surface area contributed by atoms with Crippen LogP contribution in [-0.4, -0.2) is 26.6 Å². The Morgan fingerprint density at radius 1 is 0.769 bits per heavy atom. The summed E-state index contributed by atoms with van der Waals surface area (Å²) in [6.07, 6.45) is 1.17. The number of nitrogens with zero attached hydrogens (tertiary/aromatic N) is 1. The molecule has 0 heterocycles. The van der Waals surface area contributed by atoms with Crippen LogP contribution in [0.5, 0.6) is 11.5 Å². The Bertz CT molecular complexity index is 1640. The highest BCUT2D eigenvalue weighted by Gasteiger charge is 2.16. The van der Waals surface area contributed by atoms with E-state index in [-0.39, 0.29) is 33.1 Å². The van der Waals surface area contributed by atoms with Gasteiger partial charge in [-0.05, 0) is 79.7 Å². The summed E-state index contributed by atoms with van der Waals surface area (Å²) in [5, 5.41) is 4.72. The minimum absolute atomic E-state index is 0.0316. The summed E-state index contributed by atoms with van der Waals surface area (Å²) < 4.78 is 36.1. The molecular weight excluding hydrogens is 563 g/mol. The molecule has 0 saturated carbocycles. The summed E-state index contributed by atoms with van der Waals surface area (Å²) >= 11 is 11.8. The lowest BCUT2D eigenvalue weighted by atomic mass is 10.2. The Morgan fingerprint density at radius 3 is 1.87 bits per heavy atom. The number of hydrogen-bond acceptors (Lipinski definition) is 7. The number of hydrogen-bond donors (Lipinski definition) is 1. The molecule has 0 amide bonds. The molecule has 8 nitrogen and oxygen atoms in total. The fourth-order valence-corrected chi connectivity index (χ4v) is 4.25. The lowest BCUT2D eigenvalue weighted by Gasteiger charge is -2.11. The number of halogens is 2. The zero-order valence-electron chi connectivity index (χ0n) is 20.3. The molecule has 0 aliphatic rings. The molecule has 0 bridgehead atoms. The van der Waals surface area contributed by atoms with Crippen molar-refractivity contribution in [3.05, 3.63) is 123 Å². The zero-order valence-corrected chi connectivity index (χ0v) is 22.6. The highest BCUT2D eigenvalue weighted by Crippen LogP contribution is 2.26. The predicted molar refractivity (Wildman–Crippen MR) is 148 cm³/mol. The standard InChI is InChI=1S/C28H20Cl2N2O6S/c1-18-2-14-25(15-3-18)39(35,36)32-31-17-21-8-13-24(37-27(33)19-4-9-22(29)10-5-19)16-26(21)38-28(34)20-6-11-23(30)12-7-20/h2-17,32H,1H3. The van der Waals surface area contributed by atoms with Crippen molar-refractivity contribution >= 4 is 51.4 Å². The molecule has 0 unspecified atom stereocenters. The van der Waals surface area contributed by atoms with Crippen molar-refractivity contribution in [2.45, 2.75) is 11.8 Å². The monoisotopic (exact) mass is 582 g/mol. The molecule has 0 saturated heterocycles. The Morgan fingerprint density at radius 2 is 1.31 bits per heavy atom. The second-order valence-corrected chi connectivity index (χ2v) is 10.7. The number of hydrazone groups is 1. The molecule has 0 spiro atoms. The van der Waals surface area contributed by atoms with Crippen LogP contribution >= 0.6 is 23.2 Å². The van der Waals surface area contributed by atoms with Crippen LogP contribution in [0.4, 0.5) is 0 Å². The number of benzene rings is 4. The van der Waals surface area contributed by atoms with Gasteiger partial charge in [0.2, 0.25) is 0 Å². The molecule has 0 aliphatic heterocycles. The molecule has 0 aliphatic carbocycles. The SMILES string of the molecule is Cc1ccc(S(=O)(=O)NN=Cc2ccc(OC(=O)c3ccc(Cl)cc3)cc2OC(=O)c2ccc(Cl)cc2)cc1. The first-order chi connectivity index (χ1) is 18.6. The van der Waals surface area contributed by atoms with E-state index in [1.165, 1.54) is 72.9 Å². The number of aryl methyl sites for hydroxylation is 1. The topological polar surface area (TPSA) is 111 Å². The van der Waals surface area contributed by atoms with Crippen molar-refractivity contribution in [2.24, 2.45) is 5.10 Å². The summed E-state index contributed by atoms with van der Waals surface area (Å²) in [5.41, 5.74) is 1.61. The van der Waals surface area contributed by atoms with Crippen LogP contribution in [0.1, 0.15) is 31.8 Å². The first kappa shape index (κ1) is 27.8. The third-order valence-electron chi connectivity index (χ3n) is 5.27. The van der Waals surface area contributed by atoms with E-state index in [1.54, 1.807) is 24.3 Å². The normalized spacial score (nSPS) is 11.3. The zero-order chi connectivity index (χ0) is 28.0. The van der Waals surface area contributed by atoms with Gasteiger partial charge < -0.3 is 9.47 Å². The van der Waals surface area contributed by atoms with E-state index in [9.17, 15) is 18.0 Å². The molecule has 0 radical (unpaired) electrons. The smallest absolute Gasteiger partial charge is 0.343 e. The Kier molecular flexibility index (Phi) is 8.65. The predicted octanol–water partition coefficient (Wildman–Crippen LogP) is 6.05. The minimum atomic E-state index is -3.93. The third kappa shape index (κ3) is 7.44. The van der Waals surface area contributed by atoms with Crippen LogP contribution < -0.4 is 14.3 Å². The lowest BCUT2D eigenvalue weighted by Crippen LogP contribution is -2.18. The molecule has 1 N–H and O–H groups in total. The van der Waals surface area contributed by atoms with Gasteiger partial charge in [-0.15, -0.1) is 0 Å². The number of esters is 2. The van der Waals surface area contributed by atoms with Gasteiger partial charge in [0.1, 0.15) is 11.5 Å². The summed E-state index contributed by atoms with van der Waals surface area (Å²) in [5.74, 6) is -1.34. The van der Waals surface area contributed by atoms with Gasteiger partial charge in [-0.3, -0.25) is 0 Å². The van der Waals surface area contributed by atoms with Gasteiger partial charge in [0.25, 0.3) is 10.0 Å². The molecular formula is C28H20Cl2N2O6S. The Hall–Kier alpha value is -4.18. The van der Waals surface area contributed by atoms with Gasteiger partial charge in [0.05, 0.1) is 22.2 Å². The lowest BCUT2D eigenvalue weighted by molar-refractivity contribution is 0.0732. The highest BCUT2D eigenvalue weighted by molar-refractivity contribution is 7.89. The van der Waals surface area contributed by atoms with Crippen LogP contribution in [0.25, 0.3) is 0 Å². The molecule has 4 rings (SSSR count). The fraction of sp³-hybridized carbons (Fsp3) is 0.0357. The maximum atomic E-state index is 12.8. The number of sulfonamides is 1. The molecule has 4 aromatic rings. The number of ether oxygens (including phenoxy) is 2. The van der Waals surface area contributed by atoms with Crippen molar-refractivity contribution in [3.8, 4) is 11.5 Å². The largest absolute Gasteiger partial charge is 0.423 e. The molecule has 4 aromatic carbocycles. The van der Waals surface area contributed by atoms with Crippen LogP contribution in [0.15, 0.2) is 101 Å². The van der Waals surface area contributed by atoms with Crippen LogP contribution in [0.2, 0.25) is 10.0 Å². The van der Waals surface area contributed by atoms with Crippen molar-refractivity contribution in [2.75, 3.05) is 0 Å². The Labute approximate surface area is 234 Å². The van der Waals surface area contributed by atoms with Gasteiger partial charge in [-0.2, -0.15) is 13.5 Å². The third-order valence-corrected chi connectivity index (χ3v) is 7.01. The van der Waals surface area contributed by atoms with Gasteiger partial charge in [-0.1, -0.05) is 40.9 Å². The van der Waals surface area contributed by atoms with Crippen molar-refractivity contribution in [3.63, 3.8) is 0 Å². The van der Waals surface area contributed by atoms with Crippen molar-refractivity contribution in [1.82, 2.24) is 4.83 Å². The number of carbonyl (C=O) groups excluding carboxylic acids is 2. The van der Waals surface area contributed by atoms with Gasteiger partial charge >= 0.3 is 11.9 Å². The maximum absolute atomic E-state index is 12.8. The molecule has 198 valence electrons. The van der Waals surface area contributed by atoms with Crippen molar-refractivity contribution < 1.29 is 27.5 Å². The minimum Gasteiger partial charge on any atom is -0.423 e. The molecule has 11 heteroatoms. The van der Waals surface area contributed by atoms with E-state index < -0.39 is 22.0 Å². The van der Waals surface area contributed by atoms with Crippen LogP contribution in [-0.2, 0) is 10.0 Å². The van der Waals surface area contributed by atoms with Gasteiger partial charge in [0, 0.05) is 21.7 Å². The molecule has 0 aromatic heterocycles. The van der Waals surface area contributed by atoms with Gasteiger partial charge in [0.15, 0.2) is 0 Å². The first-order valence-electron chi connectivity index (χ1n) is 11.3. The maximum Gasteiger partial charge on any atom is 0.343 e. The number of rotatable bonds is 8. The van der Waals surface area contributed by atoms with E-state index in [4.69, 9.17) is 32.7 Å². The average molecular weight is 583 g/mol. The van der Waals surface area contributed by atoms with Crippen molar-refractivity contribution in [1.29, 1.82) is 0 Å². The summed E-state index contributed by atoms with van der Waals surface area (Å²) in [4.78, 5) is 27.5. The average Bonchev–Trinajstić information content (AvgIpc) is 2.91. The highest BCUT2D eigenvalue weighted by atomic mass is 35.5. The second kappa shape index (κ2) is 12.1. The fourth-order valence-electron chi connectivity index (χ4n) is 3.21. The molecule has 39 heavy (non-hydrogen) atoms. The van der Waals surface area contributed by atoms with E-state index >= 15 is 0 Å². The van der Waals surface area contributed by atoms with E-state index in [1.807, 2.05) is 6.92 Å². The van der Waals surface area contributed by atoms with E-state index in [2.05, 4.69) is 9.93 Å². The quantitative estimate of drug-likeness (QED) is 0.117. The molecule has 0 fully saturated rings.